The molecule has 0 aliphatic carbocycles. The van der Waals surface area contributed by atoms with Crippen LogP contribution in [0.1, 0.15) is 37.1 Å². The molecule has 6 heteroatoms. The van der Waals surface area contributed by atoms with Crippen LogP contribution in [0.25, 0.3) is 0 Å². The lowest BCUT2D eigenvalue weighted by molar-refractivity contribution is 0.282. The Labute approximate surface area is 125 Å². The molecule has 1 heterocycles. The second-order valence-electron chi connectivity index (χ2n) is 5.05. The Morgan fingerprint density at radius 3 is 3.00 bits per heavy atom. The van der Waals surface area contributed by atoms with Crippen LogP contribution in [-0.4, -0.2) is 21.6 Å². The van der Waals surface area contributed by atoms with Gasteiger partial charge in [-0.1, -0.05) is 24.3 Å². The molecule has 1 aromatic heterocycles. The van der Waals surface area contributed by atoms with Gasteiger partial charge in [0.05, 0.1) is 24.5 Å². The lowest BCUT2D eigenvalue weighted by atomic mass is 10.1. The number of aryl methyl sites for hydroxylation is 2. The molecule has 0 bridgehead atoms. The quantitative estimate of drug-likeness (QED) is 0.574. The molecule has 2 aromatic rings. The molecular formula is C15H23N5O. The van der Waals surface area contributed by atoms with Gasteiger partial charge in [-0.3, -0.25) is 11.3 Å². The van der Waals surface area contributed by atoms with Gasteiger partial charge in [0.2, 0.25) is 0 Å². The Kier molecular flexibility index (Phi) is 5.71. The van der Waals surface area contributed by atoms with Gasteiger partial charge in [0, 0.05) is 13.0 Å². The van der Waals surface area contributed by atoms with Crippen molar-refractivity contribution in [2.24, 2.45) is 5.84 Å². The molecule has 0 aliphatic heterocycles. The smallest absolute Gasteiger partial charge is 0.119 e. The van der Waals surface area contributed by atoms with Crippen LogP contribution < -0.4 is 16.0 Å². The largest absolute Gasteiger partial charge is 0.494 e. The summed E-state index contributed by atoms with van der Waals surface area (Å²) in [6.45, 7) is 5.57. The predicted molar refractivity (Wildman–Crippen MR) is 81.7 cm³/mol. The molecule has 6 nitrogen and oxygen atoms in total. The number of benzene rings is 1. The van der Waals surface area contributed by atoms with Crippen LogP contribution in [0, 0.1) is 6.92 Å². The maximum absolute atomic E-state index is 5.77. The first-order chi connectivity index (χ1) is 10.2. The Balaban J connectivity index is 1.92. The van der Waals surface area contributed by atoms with Crippen molar-refractivity contribution in [3.8, 4) is 5.75 Å². The fourth-order valence-corrected chi connectivity index (χ4v) is 2.24. The number of nitrogens with two attached hydrogens (primary N) is 1. The van der Waals surface area contributed by atoms with E-state index >= 15 is 0 Å². The van der Waals surface area contributed by atoms with Crippen LogP contribution in [0.15, 0.2) is 30.5 Å². The van der Waals surface area contributed by atoms with Crippen molar-refractivity contribution in [3.63, 3.8) is 0 Å². The maximum atomic E-state index is 5.77. The third-order valence-corrected chi connectivity index (χ3v) is 3.31. The zero-order valence-electron chi connectivity index (χ0n) is 12.6. The normalized spacial score (nSPS) is 12.3. The first-order valence-electron chi connectivity index (χ1n) is 7.28. The number of nitrogens with one attached hydrogen (secondary N) is 1. The van der Waals surface area contributed by atoms with E-state index in [4.69, 9.17) is 10.6 Å². The molecule has 1 aromatic carbocycles. The van der Waals surface area contributed by atoms with E-state index in [-0.39, 0.29) is 6.04 Å². The number of hydrogen-bond donors (Lipinski definition) is 2. The standard InChI is InChI=1S/C15H23N5O/c1-3-8-20-15(11-17-19-20)14(18-16)7-9-21-13-6-4-5-12(2)10-13/h4-6,10-11,14,18H,3,7-9,16H2,1-2H3. The van der Waals surface area contributed by atoms with Crippen molar-refractivity contribution in [2.75, 3.05) is 6.61 Å². The predicted octanol–water partition coefficient (Wildman–Crippen LogP) is 1.97. The molecule has 0 saturated carbocycles. The third kappa shape index (κ3) is 4.27. The molecule has 0 spiro atoms. The van der Waals surface area contributed by atoms with Crippen LogP contribution >= 0.6 is 0 Å². The van der Waals surface area contributed by atoms with Crippen LogP contribution in [0.2, 0.25) is 0 Å². The van der Waals surface area contributed by atoms with Crippen LogP contribution in [0.3, 0.4) is 0 Å². The van der Waals surface area contributed by atoms with Crippen molar-refractivity contribution in [2.45, 2.75) is 39.3 Å². The SMILES string of the molecule is CCCn1nncc1C(CCOc1cccc(C)c1)NN. The van der Waals surface area contributed by atoms with Crippen molar-refractivity contribution in [1.82, 2.24) is 20.4 Å². The molecular weight excluding hydrogens is 266 g/mol. The van der Waals surface area contributed by atoms with E-state index in [1.165, 1.54) is 5.56 Å². The second-order valence-corrected chi connectivity index (χ2v) is 5.05. The van der Waals surface area contributed by atoms with Crippen LogP contribution in [0.4, 0.5) is 0 Å². The summed E-state index contributed by atoms with van der Waals surface area (Å²) in [5.41, 5.74) is 5.00. The van der Waals surface area contributed by atoms with Gasteiger partial charge in [-0.15, -0.1) is 5.10 Å². The number of rotatable bonds is 8. The Bertz CT molecular complexity index is 555. The fourth-order valence-electron chi connectivity index (χ4n) is 2.24. The van der Waals surface area contributed by atoms with Gasteiger partial charge in [-0.05, 0) is 31.0 Å². The minimum Gasteiger partial charge on any atom is -0.494 e. The van der Waals surface area contributed by atoms with Crippen molar-refractivity contribution in [1.29, 1.82) is 0 Å². The highest BCUT2D eigenvalue weighted by molar-refractivity contribution is 5.27. The molecule has 2 rings (SSSR count). The molecule has 0 saturated heterocycles. The summed E-state index contributed by atoms with van der Waals surface area (Å²) in [5, 5.41) is 8.05. The fraction of sp³-hybridized carbons (Fsp3) is 0.467. The number of hydrazine groups is 1. The molecule has 0 radical (unpaired) electrons. The van der Waals surface area contributed by atoms with Crippen molar-refractivity contribution >= 4 is 0 Å². The molecule has 0 fully saturated rings. The Morgan fingerprint density at radius 1 is 1.43 bits per heavy atom. The van der Waals surface area contributed by atoms with E-state index in [9.17, 15) is 0 Å². The molecule has 114 valence electrons. The Morgan fingerprint density at radius 2 is 2.29 bits per heavy atom. The number of ether oxygens (including phenoxy) is 1. The topological polar surface area (TPSA) is 78.0 Å². The van der Waals surface area contributed by atoms with Gasteiger partial charge in [-0.25, -0.2) is 4.68 Å². The van der Waals surface area contributed by atoms with E-state index in [1.54, 1.807) is 6.20 Å². The lowest BCUT2D eigenvalue weighted by Gasteiger charge is -2.17. The molecule has 0 aliphatic rings. The van der Waals surface area contributed by atoms with E-state index in [0.717, 1.165) is 30.8 Å². The highest BCUT2D eigenvalue weighted by atomic mass is 16.5. The summed E-state index contributed by atoms with van der Waals surface area (Å²) in [6.07, 6.45) is 3.52. The lowest BCUT2D eigenvalue weighted by Crippen LogP contribution is -2.31. The van der Waals surface area contributed by atoms with Gasteiger partial charge >= 0.3 is 0 Å². The first kappa shape index (κ1) is 15.5. The number of aromatic nitrogens is 3. The van der Waals surface area contributed by atoms with Gasteiger partial charge in [0.15, 0.2) is 0 Å². The van der Waals surface area contributed by atoms with Gasteiger partial charge in [-0.2, -0.15) is 0 Å². The van der Waals surface area contributed by atoms with E-state index in [2.05, 4.69) is 22.7 Å². The minimum absolute atomic E-state index is 0.0173. The zero-order valence-corrected chi connectivity index (χ0v) is 12.6. The summed E-state index contributed by atoms with van der Waals surface area (Å²) in [7, 11) is 0. The monoisotopic (exact) mass is 289 g/mol. The highest BCUT2D eigenvalue weighted by Crippen LogP contribution is 2.17. The summed E-state index contributed by atoms with van der Waals surface area (Å²) in [4.78, 5) is 0. The van der Waals surface area contributed by atoms with Gasteiger partial charge in [0.25, 0.3) is 0 Å². The van der Waals surface area contributed by atoms with Crippen LogP contribution in [-0.2, 0) is 6.54 Å². The summed E-state index contributed by atoms with van der Waals surface area (Å²) < 4.78 is 7.66. The van der Waals surface area contributed by atoms with E-state index in [0.29, 0.717) is 6.61 Å². The summed E-state index contributed by atoms with van der Waals surface area (Å²) in [5.74, 6) is 6.54. The van der Waals surface area contributed by atoms with Crippen LogP contribution in [0.5, 0.6) is 5.75 Å². The average Bonchev–Trinajstić information content (AvgIpc) is 2.92. The van der Waals surface area contributed by atoms with Gasteiger partial charge < -0.3 is 4.74 Å². The van der Waals surface area contributed by atoms with E-state index in [1.807, 2.05) is 35.9 Å². The summed E-state index contributed by atoms with van der Waals surface area (Å²) >= 11 is 0. The van der Waals surface area contributed by atoms with E-state index < -0.39 is 0 Å². The summed E-state index contributed by atoms with van der Waals surface area (Å²) in [6, 6.07) is 8.00. The second kappa shape index (κ2) is 7.75. The Hall–Kier alpha value is -1.92. The number of hydrogen-bond acceptors (Lipinski definition) is 5. The number of nitrogens with zero attached hydrogens (tertiary/aromatic N) is 3. The molecule has 1 atom stereocenters. The van der Waals surface area contributed by atoms with Gasteiger partial charge in [0.1, 0.15) is 5.75 Å². The molecule has 1 unspecified atom stereocenters. The average molecular weight is 289 g/mol. The van der Waals surface area contributed by atoms with Crippen molar-refractivity contribution < 1.29 is 4.74 Å². The zero-order chi connectivity index (χ0) is 15.1. The first-order valence-corrected chi connectivity index (χ1v) is 7.28. The minimum atomic E-state index is -0.0173. The maximum Gasteiger partial charge on any atom is 0.119 e. The molecule has 3 N–H and O–H groups in total. The molecule has 21 heavy (non-hydrogen) atoms. The van der Waals surface area contributed by atoms with Crippen molar-refractivity contribution in [3.05, 3.63) is 41.7 Å². The third-order valence-electron chi connectivity index (χ3n) is 3.31. The highest BCUT2D eigenvalue weighted by Gasteiger charge is 2.15. The molecule has 0 amide bonds.